The summed E-state index contributed by atoms with van der Waals surface area (Å²) in [6.07, 6.45) is 0. The molecule has 0 atom stereocenters. The normalized spacial score (nSPS) is 16.3. The van der Waals surface area contributed by atoms with Gasteiger partial charge in [-0.2, -0.15) is 0 Å². The molecule has 0 unspecified atom stereocenters. The molecular formula is C9H5F5O2S2. The van der Waals surface area contributed by atoms with Crippen molar-refractivity contribution in [1.29, 1.82) is 0 Å². The van der Waals surface area contributed by atoms with Crippen molar-refractivity contribution in [2.45, 2.75) is 4.90 Å². The third kappa shape index (κ3) is 2.41. The van der Waals surface area contributed by atoms with E-state index >= 15 is 0 Å². The van der Waals surface area contributed by atoms with Crippen LogP contribution in [0.15, 0.2) is 29.2 Å². The summed E-state index contributed by atoms with van der Waals surface area (Å²) in [6.45, 7) is 0. The monoisotopic (exact) mass is 304 g/mol. The van der Waals surface area contributed by atoms with Crippen LogP contribution in [-0.4, -0.2) is 11.1 Å². The third-order valence-electron chi connectivity index (χ3n) is 2.14. The van der Waals surface area contributed by atoms with Crippen LogP contribution in [0.2, 0.25) is 0 Å². The number of hydrogen-bond acceptors (Lipinski definition) is 2. The van der Waals surface area contributed by atoms with Gasteiger partial charge in [0.1, 0.15) is 9.77 Å². The average Bonchev–Trinajstić information content (AvgIpc) is 2.55. The van der Waals surface area contributed by atoms with E-state index in [2.05, 4.69) is 0 Å². The molecule has 1 heterocycles. The molecule has 0 saturated carbocycles. The predicted molar refractivity (Wildman–Crippen MR) is 60.2 cm³/mol. The first-order valence-electron chi connectivity index (χ1n) is 4.38. The maximum Gasteiger partial charge on any atom is 0.345 e. The number of thiophene rings is 1. The Morgan fingerprint density at radius 2 is 1.72 bits per heavy atom. The van der Waals surface area contributed by atoms with Gasteiger partial charge in [0.25, 0.3) is 0 Å². The highest BCUT2D eigenvalue weighted by atomic mass is 32.5. The van der Waals surface area contributed by atoms with Crippen LogP contribution >= 0.6 is 21.6 Å². The van der Waals surface area contributed by atoms with Gasteiger partial charge in [0.2, 0.25) is 0 Å². The summed E-state index contributed by atoms with van der Waals surface area (Å²) < 4.78 is 62.8. The van der Waals surface area contributed by atoms with E-state index in [1.165, 1.54) is 0 Å². The van der Waals surface area contributed by atoms with Crippen LogP contribution in [0, 0.1) is 0 Å². The topological polar surface area (TPSA) is 37.3 Å². The van der Waals surface area contributed by atoms with E-state index in [9.17, 15) is 24.2 Å². The first-order chi connectivity index (χ1) is 7.86. The van der Waals surface area contributed by atoms with Crippen LogP contribution in [0.4, 0.5) is 19.4 Å². The molecule has 2 nitrogen and oxygen atoms in total. The number of carbonyl (C=O) groups is 1. The summed E-state index contributed by atoms with van der Waals surface area (Å²) in [7, 11) is -9.72. The highest BCUT2D eigenvalue weighted by molar-refractivity contribution is 8.45. The molecule has 2 rings (SSSR count). The second kappa shape index (κ2) is 2.97. The molecule has 9 heteroatoms. The van der Waals surface area contributed by atoms with E-state index in [4.69, 9.17) is 5.11 Å². The molecule has 1 aromatic carbocycles. The summed E-state index contributed by atoms with van der Waals surface area (Å²) >= 11 is 0.724. The number of rotatable bonds is 2. The minimum atomic E-state index is -9.72. The molecule has 0 bridgehead atoms. The van der Waals surface area contributed by atoms with Gasteiger partial charge in [-0.25, -0.2) is 4.79 Å². The Hall–Kier alpha value is -1.35. The summed E-state index contributed by atoms with van der Waals surface area (Å²) in [5.41, 5.74) is 0. The maximum atomic E-state index is 12.5. The van der Waals surface area contributed by atoms with Crippen molar-refractivity contribution in [1.82, 2.24) is 0 Å². The number of carboxylic acid groups (broad SMARTS) is 1. The lowest BCUT2D eigenvalue weighted by Crippen LogP contribution is -2.05. The number of hydrogen-bond donors (Lipinski definition) is 1. The van der Waals surface area contributed by atoms with E-state index in [1.54, 1.807) is 0 Å². The molecule has 0 amide bonds. The SMILES string of the molecule is O=C(O)c1cc2cc(S(F)(F)(F)(F)F)ccc2s1. The zero-order valence-electron chi connectivity index (χ0n) is 8.37. The Labute approximate surface area is 101 Å². The second-order valence-corrected chi connectivity index (χ2v) is 7.08. The van der Waals surface area contributed by atoms with Crippen molar-refractivity contribution in [3.63, 3.8) is 0 Å². The maximum absolute atomic E-state index is 12.5. The molecule has 1 N–H and O–H groups in total. The van der Waals surface area contributed by atoms with Crippen LogP contribution in [0.5, 0.6) is 0 Å². The zero-order valence-corrected chi connectivity index (χ0v) is 10.0. The smallest absolute Gasteiger partial charge is 0.345 e. The largest absolute Gasteiger partial charge is 0.477 e. The Bertz CT molecular complexity index is 658. The number of fused-ring (bicyclic) bond motifs is 1. The van der Waals surface area contributed by atoms with E-state index in [-0.39, 0.29) is 27.1 Å². The summed E-state index contributed by atoms with van der Waals surface area (Å²) in [6, 6.07) is 2.33. The average molecular weight is 304 g/mol. The van der Waals surface area contributed by atoms with Crippen LogP contribution in [0.25, 0.3) is 10.1 Å². The van der Waals surface area contributed by atoms with Crippen molar-refractivity contribution in [2.75, 3.05) is 0 Å². The Morgan fingerprint density at radius 3 is 2.22 bits per heavy atom. The molecule has 0 spiro atoms. The molecule has 0 aliphatic rings. The fourth-order valence-electron chi connectivity index (χ4n) is 1.37. The van der Waals surface area contributed by atoms with Crippen LogP contribution in [-0.2, 0) is 0 Å². The molecule has 0 aliphatic carbocycles. The van der Waals surface area contributed by atoms with Gasteiger partial charge in [-0.15, -0.1) is 11.3 Å². The second-order valence-electron chi connectivity index (χ2n) is 3.58. The first-order valence-corrected chi connectivity index (χ1v) is 7.14. The Morgan fingerprint density at radius 1 is 1.11 bits per heavy atom. The molecular weight excluding hydrogens is 299 g/mol. The third-order valence-corrected chi connectivity index (χ3v) is 4.39. The standard InChI is InChI=1S/C9H5F5O2S2/c10-18(11,12,13,14)6-1-2-7-5(3-6)4-8(17-7)9(15)16/h1-4H,(H,15,16). The highest BCUT2D eigenvalue weighted by Gasteiger charge is 2.65. The van der Waals surface area contributed by atoms with E-state index in [0.717, 1.165) is 23.5 Å². The zero-order chi connectivity index (χ0) is 13.8. The van der Waals surface area contributed by atoms with Gasteiger partial charge in [-0.05, 0) is 29.7 Å². The van der Waals surface area contributed by atoms with Gasteiger partial charge >= 0.3 is 16.2 Å². The number of carboxylic acids is 1. The van der Waals surface area contributed by atoms with E-state index in [1.807, 2.05) is 0 Å². The molecule has 0 fully saturated rings. The minimum absolute atomic E-state index is 0.164. The van der Waals surface area contributed by atoms with E-state index < -0.39 is 21.1 Å². The van der Waals surface area contributed by atoms with Crippen molar-refractivity contribution in [3.05, 3.63) is 29.1 Å². The fraction of sp³-hybridized carbons (Fsp3) is 0. The minimum Gasteiger partial charge on any atom is -0.477 e. The molecule has 0 aliphatic heterocycles. The van der Waals surface area contributed by atoms with Gasteiger partial charge < -0.3 is 5.11 Å². The molecule has 100 valence electrons. The van der Waals surface area contributed by atoms with Gasteiger partial charge in [0.15, 0.2) is 0 Å². The van der Waals surface area contributed by atoms with Gasteiger partial charge in [-0.3, -0.25) is 0 Å². The summed E-state index contributed by atoms with van der Waals surface area (Å²) in [5, 5.41) is 8.50. The van der Waals surface area contributed by atoms with Crippen LogP contribution < -0.4 is 0 Å². The Kier molecular flexibility index (Phi) is 2.16. The highest BCUT2D eigenvalue weighted by Crippen LogP contribution is 3.02. The number of aromatic carboxylic acids is 1. The lowest BCUT2D eigenvalue weighted by Gasteiger charge is -2.40. The number of benzene rings is 1. The van der Waals surface area contributed by atoms with Crippen LogP contribution in [0.3, 0.4) is 0 Å². The lowest BCUT2D eigenvalue weighted by molar-refractivity contribution is 0.0702. The van der Waals surface area contributed by atoms with Gasteiger partial charge in [0, 0.05) is 4.70 Å². The van der Waals surface area contributed by atoms with Crippen molar-refractivity contribution in [3.8, 4) is 0 Å². The van der Waals surface area contributed by atoms with Crippen molar-refractivity contribution >= 4 is 37.6 Å². The summed E-state index contributed by atoms with van der Waals surface area (Å²) in [4.78, 5) is 8.41. The van der Waals surface area contributed by atoms with Crippen LogP contribution in [0.1, 0.15) is 9.67 Å². The molecule has 0 saturated heterocycles. The lowest BCUT2D eigenvalue weighted by atomic mass is 10.2. The van der Waals surface area contributed by atoms with Crippen molar-refractivity contribution in [2.24, 2.45) is 0 Å². The van der Waals surface area contributed by atoms with Crippen molar-refractivity contribution < 1.29 is 29.3 Å². The first kappa shape index (κ1) is 13.1. The van der Waals surface area contributed by atoms with Gasteiger partial charge in [-0.1, -0.05) is 19.4 Å². The number of halogens is 5. The molecule has 1 aromatic heterocycles. The molecule has 2 aromatic rings. The van der Waals surface area contributed by atoms with E-state index in [0.29, 0.717) is 0 Å². The van der Waals surface area contributed by atoms with Gasteiger partial charge in [0.05, 0.1) is 0 Å². The predicted octanol–water partition coefficient (Wildman–Crippen LogP) is 5.26. The molecule has 0 radical (unpaired) electrons. The summed E-state index contributed by atoms with van der Waals surface area (Å²) in [5.74, 6) is -1.31. The Balaban J connectivity index is 2.70. The molecule has 18 heavy (non-hydrogen) atoms. The fourth-order valence-corrected chi connectivity index (χ4v) is 2.92. The quantitative estimate of drug-likeness (QED) is 0.769.